The van der Waals surface area contributed by atoms with Crippen molar-refractivity contribution < 1.29 is 9.15 Å². The molecule has 2 heterocycles. The Labute approximate surface area is 227 Å². The quantitative estimate of drug-likeness (QED) is 0.169. The van der Waals surface area contributed by atoms with Crippen molar-refractivity contribution in [1.29, 1.82) is 0 Å². The number of nitrogens with zero attached hydrogens (tertiary/aromatic N) is 3. The number of hydrogen-bond acceptors (Lipinski definition) is 6. The lowest BCUT2D eigenvalue weighted by molar-refractivity contribution is 0.307. The fourth-order valence-electron chi connectivity index (χ4n) is 4.36. The van der Waals surface area contributed by atoms with Gasteiger partial charge in [-0.25, -0.2) is 0 Å². The van der Waals surface area contributed by atoms with Gasteiger partial charge in [0, 0.05) is 11.6 Å². The van der Waals surface area contributed by atoms with E-state index in [4.69, 9.17) is 9.15 Å². The van der Waals surface area contributed by atoms with Crippen molar-refractivity contribution in [3.63, 3.8) is 0 Å². The Bertz CT molecular complexity index is 1610. The summed E-state index contributed by atoms with van der Waals surface area (Å²) in [5.74, 6) is 1.35. The molecule has 0 radical (unpaired) electrons. The van der Waals surface area contributed by atoms with Crippen LogP contribution in [0.2, 0.25) is 0 Å². The largest absolute Gasteiger partial charge is 0.494 e. The van der Waals surface area contributed by atoms with E-state index in [0.717, 1.165) is 36.1 Å². The molecule has 7 nitrogen and oxygen atoms in total. The zero-order valence-corrected chi connectivity index (χ0v) is 22.5. The lowest BCUT2D eigenvalue weighted by atomic mass is 9.86. The minimum Gasteiger partial charge on any atom is -0.494 e. The summed E-state index contributed by atoms with van der Waals surface area (Å²) < 4.78 is 11.9. The molecule has 0 aliphatic carbocycles. The number of ether oxygens (including phenoxy) is 1. The van der Waals surface area contributed by atoms with Gasteiger partial charge in [0.1, 0.15) is 11.3 Å². The van der Waals surface area contributed by atoms with Crippen LogP contribution in [-0.2, 0) is 11.8 Å². The molecule has 5 aromatic rings. The molecule has 0 fully saturated rings. The third kappa shape index (κ3) is 6.49. The van der Waals surface area contributed by atoms with Gasteiger partial charge in [-0.15, -0.1) is 10.2 Å². The normalized spacial score (nSPS) is 11.9. The van der Waals surface area contributed by atoms with Gasteiger partial charge in [-0.1, -0.05) is 81.5 Å². The van der Waals surface area contributed by atoms with Crippen molar-refractivity contribution in [2.75, 3.05) is 6.61 Å². The zero-order valence-electron chi connectivity index (χ0n) is 22.5. The van der Waals surface area contributed by atoms with Gasteiger partial charge in [-0.2, -0.15) is 5.21 Å². The Balaban J connectivity index is 1.16. The lowest BCUT2D eigenvalue weighted by Crippen LogP contribution is -2.10. The van der Waals surface area contributed by atoms with Crippen LogP contribution in [-0.4, -0.2) is 27.2 Å². The van der Waals surface area contributed by atoms with Gasteiger partial charge in [0.15, 0.2) is 11.2 Å². The number of aromatic amines is 1. The molecule has 0 amide bonds. The van der Waals surface area contributed by atoms with Crippen LogP contribution in [0.4, 0.5) is 0 Å². The van der Waals surface area contributed by atoms with Gasteiger partial charge in [-0.3, -0.25) is 4.79 Å². The van der Waals surface area contributed by atoms with Crippen LogP contribution >= 0.6 is 0 Å². The van der Waals surface area contributed by atoms with Gasteiger partial charge in [0.25, 0.3) is 0 Å². The van der Waals surface area contributed by atoms with Crippen LogP contribution in [0.15, 0.2) is 82.0 Å². The summed E-state index contributed by atoms with van der Waals surface area (Å²) in [5, 5.41) is 14.2. The number of nitrogens with one attached hydrogen (secondary N) is 1. The highest BCUT2D eigenvalue weighted by Gasteiger charge is 2.13. The van der Waals surface area contributed by atoms with Crippen molar-refractivity contribution in [3.8, 4) is 17.3 Å². The van der Waals surface area contributed by atoms with E-state index in [0.29, 0.717) is 17.6 Å². The summed E-state index contributed by atoms with van der Waals surface area (Å²) in [6.07, 6.45) is 7.05. The van der Waals surface area contributed by atoms with Crippen molar-refractivity contribution in [3.05, 3.63) is 105 Å². The van der Waals surface area contributed by atoms with Gasteiger partial charge in [0.2, 0.25) is 5.82 Å². The number of hydrogen-bond donors (Lipinski definition) is 1. The molecule has 0 bridgehead atoms. The van der Waals surface area contributed by atoms with Crippen LogP contribution < -0.4 is 10.2 Å². The summed E-state index contributed by atoms with van der Waals surface area (Å²) in [6.45, 7) is 7.40. The SMILES string of the molecule is CC(C)(C)c1ccc(CCCCOc2ccc(C=Cc3cccc4c(=O)cc(-c5nn[nH]n5)oc34)cc2)cc1. The van der Waals surface area contributed by atoms with E-state index in [1.807, 2.05) is 48.6 Å². The average Bonchev–Trinajstić information content (AvgIpc) is 3.47. The standard InChI is InChI=1S/C32H32N4O3/c1-32(2,3)25-16-11-22(12-17-25)7-4-5-20-38-26-18-13-23(14-19-26)10-15-24-8-6-9-27-28(37)21-29(39-30(24)27)31-33-35-36-34-31/h6,8-19,21H,4-5,7,20H2,1-3H3,(H,33,34,35,36). The van der Waals surface area contributed by atoms with E-state index in [1.165, 1.54) is 17.2 Å². The van der Waals surface area contributed by atoms with Crippen LogP contribution in [0.3, 0.4) is 0 Å². The third-order valence-electron chi connectivity index (χ3n) is 6.63. The van der Waals surface area contributed by atoms with Crippen LogP contribution in [0.25, 0.3) is 34.7 Å². The van der Waals surface area contributed by atoms with E-state index in [2.05, 4.69) is 65.7 Å². The fraction of sp³-hybridized carbons (Fsp3) is 0.250. The second-order valence-corrected chi connectivity index (χ2v) is 10.6. The zero-order chi connectivity index (χ0) is 27.2. The Kier molecular flexibility index (Phi) is 7.68. The molecule has 7 heteroatoms. The van der Waals surface area contributed by atoms with E-state index in [9.17, 15) is 4.79 Å². The number of H-pyrrole nitrogens is 1. The van der Waals surface area contributed by atoms with Gasteiger partial charge in [0.05, 0.1) is 12.0 Å². The fourth-order valence-corrected chi connectivity index (χ4v) is 4.36. The smallest absolute Gasteiger partial charge is 0.239 e. The number of tetrazole rings is 1. The first-order valence-corrected chi connectivity index (χ1v) is 13.2. The molecule has 0 aliphatic rings. The molecule has 0 saturated heterocycles. The van der Waals surface area contributed by atoms with E-state index in [-0.39, 0.29) is 22.4 Å². The molecule has 39 heavy (non-hydrogen) atoms. The monoisotopic (exact) mass is 520 g/mol. The molecule has 1 N–H and O–H groups in total. The number of benzene rings is 3. The maximum Gasteiger partial charge on any atom is 0.239 e. The second kappa shape index (κ2) is 11.5. The Morgan fingerprint density at radius 2 is 1.74 bits per heavy atom. The lowest BCUT2D eigenvalue weighted by Gasteiger charge is -2.19. The highest BCUT2D eigenvalue weighted by molar-refractivity contribution is 5.89. The molecule has 0 spiro atoms. The maximum atomic E-state index is 12.6. The summed E-state index contributed by atoms with van der Waals surface area (Å²) in [6, 6.07) is 23.8. The topological polar surface area (TPSA) is 93.9 Å². The Morgan fingerprint density at radius 1 is 0.949 bits per heavy atom. The van der Waals surface area contributed by atoms with Gasteiger partial charge in [-0.05, 0) is 64.8 Å². The molecule has 2 aromatic heterocycles. The van der Waals surface area contributed by atoms with E-state index < -0.39 is 0 Å². The predicted molar refractivity (Wildman–Crippen MR) is 155 cm³/mol. The first-order chi connectivity index (χ1) is 18.9. The molecule has 198 valence electrons. The van der Waals surface area contributed by atoms with E-state index >= 15 is 0 Å². The van der Waals surface area contributed by atoms with Crippen molar-refractivity contribution >= 4 is 23.1 Å². The molecular formula is C32H32N4O3. The van der Waals surface area contributed by atoms with Crippen LogP contribution in [0.5, 0.6) is 5.75 Å². The molecular weight excluding hydrogens is 488 g/mol. The van der Waals surface area contributed by atoms with Crippen molar-refractivity contribution in [2.45, 2.75) is 45.4 Å². The number of fused-ring (bicyclic) bond motifs is 1. The first kappa shape index (κ1) is 26.1. The van der Waals surface area contributed by atoms with Crippen LogP contribution in [0.1, 0.15) is 55.9 Å². The van der Waals surface area contributed by atoms with Crippen molar-refractivity contribution in [2.24, 2.45) is 0 Å². The Morgan fingerprint density at radius 3 is 2.46 bits per heavy atom. The molecule has 3 aromatic carbocycles. The molecule has 0 atom stereocenters. The van der Waals surface area contributed by atoms with Gasteiger partial charge >= 0.3 is 0 Å². The Hall–Kier alpha value is -4.52. The summed E-state index contributed by atoms with van der Waals surface area (Å²) >= 11 is 0. The molecule has 0 saturated carbocycles. The van der Waals surface area contributed by atoms with Crippen LogP contribution in [0, 0.1) is 0 Å². The van der Waals surface area contributed by atoms with Crippen molar-refractivity contribution in [1.82, 2.24) is 20.6 Å². The first-order valence-electron chi connectivity index (χ1n) is 13.2. The summed E-state index contributed by atoms with van der Waals surface area (Å²) in [4.78, 5) is 12.6. The molecule has 0 unspecified atom stereocenters. The highest BCUT2D eigenvalue weighted by Crippen LogP contribution is 2.24. The minimum absolute atomic E-state index is 0.161. The van der Waals surface area contributed by atoms with Gasteiger partial charge < -0.3 is 9.15 Å². The highest BCUT2D eigenvalue weighted by atomic mass is 16.5. The minimum atomic E-state index is -0.161. The second-order valence-electron chi connectivity index (χ2n) is 10.6. The average molecular weight is 521 g/mol. The number of para-hydroxylation sites is 1. The number of aromatic nitrogens is 4. The molecule has 5 rings (SSSR count). The number of rotatable bonds is 9. The predicted octanol–water partition coefficient (Wildman–Crippen LogP) is 6.84. The third-order valence-corrected chi connectivity index (χ3v) is 6.63. The van der Waals surface area contributed by atoms with E-state index in [1.54, 1.807) is 6.07 Å². The summed E-state index contributed by atoms with van der Waals surface area (Å²) in [5.41, 5.74) is 5.03. The molecule has 0 aliphatic heterocycles. The number of unbranched alkanes of at least 4 members (excludes halogenated alkanes) is 1. The maximum absolute atomic E-state index is 12.6. The number of aryl methyl sites for hydroxylation is 1. The summed E-state index contributed by atoms with van der Waals surface area (Å²) in [7, 11) is 0.